The molecule has 0 amide bonds. The average molecular weight is 244 g/mol. The topological polar surface area (TPSA) is 106 Å². The zero-order valence-electron chi connectivity index (χ0n) is 8.23. The fourth-order valence-corrected chi connectivity index (χ4v) is 3.76. The van der Waals surface area contributed by atoms with Gasteiger partial charge in [-0.15, -0.1) is 0 Å². The van der Waals surface area contributed by atoms with Crippen molar-refractivity contribution < 1.29 is 16.8 Å². The third-order valence-electron chi connectivity index (χ3n) is 1.46. The van der Waals surface area contributed by atoms with Gasteiger partial charge in [0.2, 0.25) is 10.0 Å². The van der Waals surface area contributed by atoms with Crippen LogP contribution in [-0.4, -0.2) is 40.8 Å². The summed E-state index contributed by atoms with van der Waals surface area (Å²) in [5, 5.41) is -0.892. The molecule has 0 rings (SSSR count). The van der Waals surface area contributed by atoms with Crippen LogP contribution in [0.15, 0.2) is 0 Å². The Morgan fingerprint density at radius 2 is 1.79 bits per heavy atom. The lowest BCUT2D eigenvalue weighted by Crippen LogP contribution is -2.38. The molecule has 1 atom stereocenters. The normalized spacial score (nSPS) is 15.4. The summed E-state index contributed by atoms with van der Waals surface area (Å²) in [6.45, 7) is 1.88. The van der Waals surface area contributed by atoms with Crippen LogP contribution in [-0.2, 0) is 19.9 Å². The van der Waals surface area contributed by atoms with Crippen molar-refractivity contribution in [2.45, 2.75) is 19.4 Å². The van der Waals surface area contributed by atoms with Crippen LogP contribution < -0.4 is 10.5 Å². The van der Waals surface area contributed by atoms with Crippen LogP contribution in [0, 0.1) is 0 Å². The van der Waals surface area contributed by atoms with Crippen molar-refractivity contribution in [1.82, 2.24) is 4.72 Å². The molecule has 8 heteroatoms. The summed E-state index contributed by atoms with van der Waals surface area (Å²) in [6, 6.07) is -0.288. The Kier molecular flexibility index (Phi) is 4.99. The smallest absolute Gasteiger partial charge is 0.226 e. The van der Waals surface area contributed by atoms with Crippen LogP contribution in [0.25, 0.3) is 0 Å². The average Bonchev–Trinajstić information content (AvgIpc) is 1.96. The lowest BCUT2D eigenvalue weighted by atomic mass is 10.2. The molecule has 86 valence electrons. The quantitative estimate of drug-likeness (QED) is 0.600. The van der Waals surface area contributed by atoms with Gasteiger partial charge in [0.05, 0.1) is 0 Å². The molecular formula is C6H16N2O4S2. The van der Waals surface area contributed by atoms with Gasteiger partial charge in [-0.2, -0.15) is 0 Å². The van der Waals surface area contributed by atoms with E-state index in [0.29, 0.717) is 6.42 Å². The summed E-state index contributed by atoms with van der Waals surface area (Å²) in [6.07, 6.45) is 1.49. The number of sulfonamides is 1. The summed E-state index contributed by atoms with van der Waals surface area (Å²) >= 11 is 0. The first-order valence-electron chi connectivity index (χ1n) is 4.07. The molecule has 0 bridgehead atoms. The highest BCUT2D eigenvalue weighted by Crippen LogP contribution is 1.93. The minimum absolute atomic E-state index is 0.0638. The Morgan fingerprint density at radius 3 is 2.14 bits per heavy atom. The van der Waals surface area contributed by atoms with Gasteiger partial charge in [0.1, 0.15) is 0 Å². The van der Waals surface area contributed by atoms with Crippen LogP contribution in [0.1, 0.15) is 13.3 Å². The predicted octanol–water partition coefficient (Wildman–Crippen LogP) is -1.35. The SMILES string of the molecule is CCC(N)CNS(=O)(=O)CS(C)(=O)=O. The fourth-order valence-electron chi connectivity index (χ4n) is 0.702. The Bertz CT molecular complexity index is 359. The zero-order chi connectivity index (χ0) is 11.4. The number of rotatable bonds is 6. The molecule has 3 N–H and O–H groups in total. The van der Waals surface area contributed by atoms with Crippen LogP contribution in [0.4, 0.5) is 0 Å². The molecule has 0 aromatic heterocycles. The van der Waals surface area contributed by atoms with E-state index in [1.54, 1.807) is 0 Å². The van der Waals surface area contributed by atoms with E-state index in [9.17, 15) is 16.8 Å². The summed E-state index contributed by atoms with van der Waals surface area (Å²) in [5.74, 6) is 0. The van der Waals surface area contributed by atoms with E-state index < -0.39 is 24.9 Å². The minimum Gasteiger partial charge on any atom is -0.327 e. The molecule has 14 heavy (non-hydrogen) atoms. The van der Waals surface area contributed by atoms with E-state index >= 15 is 0 Å². The van der Waals surface area contributed by atoms with Crippen LogP contribution in [0.2, 0.25) is 0 Å². The van der Waals surface area contributed by atoms with Gasteiger partial charge in [-0.3, -0.25) is 0 Å². The van der Waals surface area contributed by atoms with Gasteiger partial charge in [-0.25, -0.2) is 21.6 Å². The lowest BCUT2D eigenvalue weighted by Gasteiger charge is -2.09. The molecule has 6 nitrogen and oxygen atoms in total. The third kappa shape index (κ3) is 7.25. The maximum absolute atomic E-state index is 11.1. The van der Waals surface area contributed by atoms with Gasteiger partial charge < -0.3 is 5.73 Å². The second kappa shape index (κ2) is 5.06. The first-order chi connectivity index (χ1) is 6.16. The molecule has 0 saturated heterocycles. The Balaban J connectivity index is 4.24. The number of nitrogens with one attached hydrogen (secondary N) is 1. The van der Waals surface area contributed by atoms with Crippen molar-refractivity contribution in [3.63, 3.8) is 0 Å². The summed E-state index contributed by atoms with van der Waals surface area (Å²) in [7, 11) is -7.29. The molecule has 1 unspecified atom stereocenters. The molecule has 0 fully saturated rings. The highest BCUT2D eigenvalue weighted by Gasteiger charge is 2.18. The number of sulfone groups is 1. The lowest BCUT2D eigenvalue weighted by molar-refractivity contribution is 0.565. The van der Waals surface area contributed by atoms with Crippen LogP contribution in [0.5, 0.6) is 0 Å². The van der Waals surface area contributed by atoms with E-state index in [0.717, 1.165) is 6.26 Å². The number of hydrogen-bond donors (Lipinski definition) is 2. The fraction of sp³-hybridized carbons (Fsp3) is 1.00. The van der Waals surface area contributed by atoms with Gasteiger partial charge in [0.25, 0.3) is 0 Å². The summed E-state index contributed by atoms with van der Waals surface area (Å²) in [4.78, 5) is 0. The van der Waals surface area contributed by atoms with Crippen molar-refractivity contribution in [3.05, 3.63) is 0 Å². The highest BCUT2D eigenvalue weighted by molar-refractivity contribution is 8.06. The molecule has 0 aromatic rings. The molecule has 0 saturated carbocycles. The molecule has 0 heterocycles. The molecule has 0 spiro atoms. The maximum atomic E-state index is 11.1. The van der Waals surface area contributed by atoms with Crippen molar-refractivity contribution in [1.29, 1.82) is 0 Å². The largest absolute Gasteiger partial charge is 0.327 e. The van der Waals surface area contributed by atoms with E-state index in [1.165, 1.54) is 0 Å². The molecule has 0 aromatic carbocycles. The van der Waals surface area contributed by atoms with Crippen molar-refractivity contribution in [2.75, 3.05) is 17.9 Å². The van der Waals surface area contributed by atoms with Crippen molar-refractivity contribution in [2.24, 2.45) is 5.73 Å². The van der Waals surface area contributed by atoms with Crippen molar-refractivity contribution in [3.8, 4) is 0 Å². The second-order valence-corrected chi connectivity index (χ2v) is 7.49. The Hall–Kier alpha value is -0.180. The zero-order valence-corrected chi connectivity index (χ0v) is 9.86. The Labute approximate surface area is 84.8 Å². The van der Waals surface area contributed by atoms with Gasteiger partial charge >= 0.3 is 0 Å². The Morgan fingerprint density at radius 1 is 1.29 bits per heavy atom. The molecule has 0 aliphatic carbocycles. The van der Waals surface area contributed by atoms with E-state index in [4.69, 9.17) is 5.73 Å². The monoisotopic (exact) mass is 244 g/mol. The number of hydrogen-bond acceptors (Lipinski definition) is 5. The summed E-state index contributed by atoms with van der Waals surface area (Å²) < 4.78 is 45.8. The first-order valence-corrected chi connectivity index (χ1v) is 7.78. The van der Waals surface area contributed by atoms with Gasteiger partial charge in [0, 0.05) is 18.8 Å². The third-order valence-corrected chi connectivity index (χ3v) is 5.02. The van der Waals surface area contributed by atoms with Gasteiger partial charge in [-0.05, 0) is 6.42 Å². The molecule has 0 radical (unpaired) electrons. The van der Waals surface area contributed by atoms with Crippen LogP contribution >= 0.6 is 0 Å². The molecular weight excluding hydrogens is 228 g/mol. The standard InChI is InChI=1S/C6H16N2O4S2/c1-3-6(7)4-8-14(11,12)5-13(2,9)10/h6,8H,3-5,7H2,1-2H3. The van der Waals surface area contributed by atoms with Gasteiger partial charge in [0.15, 0.2) is 14.9 Å². The number of nitrogens with two attached hydrogens (primary N) is 1. The van der Waals surface area contributed by atoms with Crippen LogP contribution in [0.3, 0.4) is 0 Å². The van der Waals surface area contributed by atoms with Crippen molar-refractivity contribution >= 4 is 19.9 Å². The minimum atomic E-state index is -3.76. The maximum Gasteiger partial charge on any atom is 0.226 e. The molecule has 0 aliphatic heterocycles. The first kappa shape index (κ1) is 13.8. The van der Waals surface area contributed by atoms with E-state index in [2.05, 4.69) is 4.72 Å². The highest BCUT2D eigenvalue weighted by atomic mass is 32.3. The van der Waals surface area contributed by atoms with Gasteiger partial charge in [-0.1, -0.05) is 6.92 Å². The predicted molar refractivity (Wildman–Crippen MR) is 54.9 cm³/mol. The van der Waals surface area contributed by atoms with E-state index in [-0.39, 0.29) is 12.6 Å². The second-order valence-electron chi connectivity index (χ2n) is 3.18. The summed E-state index contributed by atoms with van der Waals surface area (Å²) in [5.41, 5.74) is 5.47. The van der Waals surface area contributed by atoms with E-state index in [1.807, 2.05) is 6.92 Å². The molecule has 0 aliphatic rings.